The Kier molecular flexibility index (Phi) is 13.5. The Labute approximate surface area is 108 Å². The van der Waals surface area contributed by atoms with Crippen LogP contribution in [0, 0.1) is 0 Å². The lowest BCUT2D eigenvalue weighted by Crippen LogP contribution is -1.98. The molecule has 0 bridgehead atoms. The number of hydrogen-bond donors (Lipinski definition) is 1. The van der Waals surface area contributed by atoms with Gasteiger partial charge in [0.25, 0.3) is 0 Å². The summed E-state index contributed by atoms with van der Waals surface area (Å²) >= 11 is 0. The van der Waals surface area contributed by atoms with Gasteiger partial charge in [-0.1, -0.05) is 57.6 Å². The molecule has 0 aliphatic carbocycles. The molecular weight excluding hydrogens is 208 g/mol. The van der Waals surface area contributed by atoms with E-state index in [1.54, 1.807) is 0 Å². The largest absolute Gasteiger partial charge is 0.393 e. The third-order valence-corrected chi connectivity index (χ3v) is 3.13. The first-order valence-electron chi connectivity index (χ1n) is 7.60. The van der Waals surface area contributed by atoms with Crippen LogP contribution in [0.4, 0.5) is 0 Å². The Morgan fingerprint density at radius 3 is 1.88 bits per heavy atom. The van der Waals surface area contributed by atoms with E-state index in [0.717, 1.165) is 6.42 Å². The van der Waals surface area contributed by atoms with Crippen molar-refractivity contribution in [1.82, 2.24) is 0 Å². The van der Waals surface area contributed by atoms with Gasteiger partial charge in [0.1, 0.15) is 0 Å². The van der Waals surface area contributed by atoms with Gasteiger partial charge in [-0.25, -0.2) is 0 Å². The second-order valence-electron chi connectivity index (χ2n) is 5.16. The lowest BCUT2D eigenvalue weighted by atomic mass is 10.1. The monoisotopic (exact) mass is 240 g/mol. The molecule has 102 valence electrons. The summed E-state index contributed by atoms with van der Waals surface area (Å²) in [5, 5.41) is 9.10. The van der Waals surface area contributed by atoms with Crippen LogP contribution in [0.3, 0.4) is 0 Å². The Hall–Kier alpha value is -0.300. The van der Waals surface area contributed by atoms with E-state index in [2.05, 4.69) is 19.1 Å². The number of rotatable bonds is 12. The van der Waals surface area contributed by atoms with Crippen molar-refractivity contribution in [1.29, 1.82) is 0 Å². The van der Waals surface area contributed by atoms with Gasteiger partial charge in [0, 0.05) is 0 Å². The van der Waals surface area contributed by atoms with Crippen LogP contribution >= 0.6 is 0 Å². The van der Waals surface area contributed by atoms with Crippen molar-refractivity contribution in [3.63, 3.8) is 0 Å². The fourth-order valence-electron chi connectivity index (χ4n) is 1.98. The summed E-state index contributed by atoms with van der Waals surface area (Å²) in [6.45, 7) is 4.13. The average Bonchev–Trinajstić information content (AvgIpc) is 2.30. The molecule has 0 aromatic rings. The first-order chi connectivity index (χ1) is 8.27. The first-order valence-corrected chi connectivity index (χ1v) is 7.60. The van der Waals surface area contributed by atoms with Crippen LogP contribution in [-0.4, -0.2) is 11.2 Å². The molecule has 1 N–H and O–H groups in total. The third-order valence-electron chi connectivity index (χ3n) is 3.13. The highest BCUT2D eigenvalue weighted by molar-refractivity contribution is 4.81. The quantitative estimate of drug-likeness (QED) is 0.365. The van der Waals surface area contributed by atoms with E-state index in [1.807, 2.05) is 6.92 Å². The summed E-state index contributed by atoms with van der Waals surface area (Å²) in [6, 6.07) is 0. The van der Waals surface area contributed by atoms with Gasteiger partial charge in [0.05, 0.1) is 6.10 Å². The summed E-state index contributed by atoms with van der Waals surface area (Å²) < 4.78 is 0. The smallest absolute Gasteiger partial charge is 0.0512 e. The normalized spacial score (nSPS) is 13.4. The van der Waals surface area contributed by atoms with Crippen LogP contribution in [-0.2, 0) is 0 Å². The zero-order valence-electron chi connectivity index (χ0n) is 12.0. The molecule has 0 aromatic carbocycles. The molecule has 0 amide bonds. The van der Waals surface area contributed by atoms with Crippen molar-refractivity contribution < 1.29 is 5.11 Å². The van der Waals surface area contributed by atoms with Crippen LogP contribution < -0.4 is 0 Å². The number of allylic oxidation sites excluding steroid dienone is 2. The van der Waals surface area contributed by atoms with Crippen molar-refractivity contribution in [3.8, 4) is 0 Å². The maximum atomic E-state index is 9.10. The summed E-state index contributed by atoms with van der Waals surface area (Å²) in [4.78, 5) is 0. The fraction of sp³-hybridized carbons (Fsp3) is 0.875. The Balaban J connectivity index is 3.04. The van der Waals surface area contributed by atoms with Crippen LogP contribution in [0.1, 0.15) is 84.5 Å². The summed E-state index contributed by atoms with van der Waals surface area (Å²) in [7, 11) is 0. The molecule has 1 nitrogen and oxygen atoms in total. The van der Waals surface area contributed by atoms with E-state index in [0.29, 0.717) is 0 Å². The number of unbranched alkanes of at least 4 members (excludes halogenated alkanes) is 8. The zero-order chi connectivity index (χ0) is 12.8. The zero-order valence-corrected chi connectivity index (χ0v) is 12.0. The molecule has 0 saturated carbocycles. The highest BCUT2D eigenvalue weighted by Crippen LogP contribution is 2.08. The van der Waals surface area contributed by atoms with Gasteiger partial charge < -0.3 is 5.11 Å². The lowest BCUT2D eigenvalue weighted by molar-refractivity contribution is 0.180. The van der Waals surface area contributed by atoms with Crippen molar-refractivity contribution in [2.24, 2.45) is 0 Å². The molecule has 0 aliphatic heterocycles. The maximum absolute atomic E-state index is 9.10. The minimum absolute atomic E-state index is 0.113. The standard InChI is InChI=1S/C16H32O/c1-3-4-5-6-7-8-9-10-11-12-13-14-15-16(2)17/h8-9,16-17H,3-7,10-15H2,1-2H3. The lowest BCUT2D eigenvalue weighted by Gasteiger charge is -2.02. The van der Waals surface area contributed by atoms with Gasteiger partial charge in [-0.15, -0.1) is 0 Å². The minimum Gasteiger partial charge on any atom is -0.393 e. The predicted octanol–water partition coefficient (Wildman–Crippen LogP) is 5.23. The molecule has 1 atom stereocenters. The maximum Gasteiger partial charge on any atom is 0.0512 e. The van der Waals surface area contributed by atoms with E-state index in [-0.39, 0.29) is 6.10 Å². The van der Waals surface area contributed by atoms with Gasteiger partial charge in [-0.2, -0.15) is 0 Å². The molecule has 0 radical (unpaired) electrons. The fourth-order valence-corrected chi connectivity index (χ4v) is 1.98. The van der Waals surface area contributed by atoms with Crippen molar-refractivity contribution in [3.05, 3.63) is 12.2 Å². The van der Waals surface area contributed by atoms with Gasteiger partial charge in [0.15, 0.2) is 0 Å². The molecule has 0 rings (SSSR count). The van der Waals surface area contributed by atoms with E-state index in [4.69, 9.17) is 5.11 Å². The molecule has 1 heteroatoms. The molecular formula is C16H32O. The Morgan fingerprint density at radius 1 is 0.824 bits per heavy atom. The second-order valence-corrected chi connectivity index (χ2v) is 5.16. The molecule has 0 fully saturated rings. The molecule has 0 aliphatic rings. The Morgan fingerprint density at radius 2 is 1.35 bits per heavy atom. The highest BCUT2D eigenvalue weighted by atomic mass is 16.3. The molecule has 0 saturated heterocycles. The van der Waals surface area contributed by atoms with Crippen LogP contribution in [0.5, 0.6) is 0 Å². The van der Waals surface area contributed by atoms with Crippen LogP contribution in [0.15, 0.2) is 12.2 Å². The van der Waals surface area contributed by atoms with Crippen LogP contribution in [0.2, 0.25) is 0 Å². The molecule has 17 heavy (non-hydrogen) atoms. The van der Waals surface area contributed by atoms with Gasteiger partial charge in [-0.3, -0.25) is 0 Å². The molecule has 0 aromatic heterocycles. The Bertz CT molecular complexity index is 161. The highest BCUT2D eigenvalue weighted by Gasteiger charge is 1.94. The third kappa shape index (κ3) is 15.7. The van der Waals surface area contributed by atoms with E-state index >= 15 is 0 Å². The topological polar surface area (TPSA) is 20.2 Å². The van der Waals surface area contributed by atoms with Crippen LogP contribution in [0.25, 0.3) is 0 Å². The molecule has 1 unspecified atom stereocenters. The van der Waals surface area contributed by atoms with Gasteiger partial charge in [0.2, 0.25) is 0 Å². The van der Waals surface area contributed by atoms with Crippen molar-refractivity contribution in [2.75, 3.05) is 0 Å². The second kappa shape index (κ2) is 13.8. The SMILES string of the molecule is CCCCCCC=CCCCCCCC(C)O. The number of aliphatic hydroxyl groups excluding tert-OH is 1. The van der Waals surface area contributed by atoms with Crippen molar-refractivity contribution in [2.45, 2.75) is 90.6 Å². The summed E-state index contributed by atoms with van der Waals surface area (Å²) in [6.07, 6.45) is 18.6. The average molecular weight is 240 g/mol. The molecule has 0 spiro atoms. The number of aliphatic hydroxyl groups is 1. The van der Waals surface area contributed by atoms with Crippen molar-refractivity contribution >= 4 is 0 Å². The van der Waals surface area contributed by atoms with Gasteiger partial charge in [-0.05, 0) is 39.0 Å². The minimum atomic E-state index is -0.113. The summed E-state index contributed by atoms with van der Waals surface area (Å²) in [5.74, 6) is 0. The predicted molar refractivity (Wildman–Crippen MR) is 77.3 cm³/mol. The van der Waals surface area contributed by atoms with E-state index < -0.39 is 0 Å². The molecule has 0 heterocycles. The van der Waals surface area contributed by atoms with E-state index in [9.17, 15) is 0 Å². The first kappa shape index (κ1) is 16.7. The van der Waals surface area contributed by atoms with E-state index in [1.165, 1.54) is 64.2 Å². The summed E-state index contributed by atoms with van der Waals surface area (Å²) in [5.41, 5.74) is 0. The van der Waals surface area contributed by atoms with Gasteiger partial charge >= 0.3 is 0 Å². The number of hydrogen-bond acceptors (Lipinski definition) is 1.